The molecule has 0 unspecified atom stereocenters. The Kier molecular flexibility index (Phi) is 4.06. The van der Waals surface area contributed by atoms with E-state index in [9.17, 15) is 19.7 Å². The molecule has 23 heavy (non-hydrogen) atoms. The van der Waals surface area contributed by atoms with Gasteiger partial charge < -0.3 is 0 Å². The van der Waals surface area contributed by atoms with Crippen LogP contribution in [-0.2, 0) is 0 Å². The molecule has 0 N–H and O–H groups in total. The Morgan fingerprint density at radius 1 is 1.09 bits per heavy atom. The van der Waals surface area contributed by atoms with Gasteiger partial charge in [0, 0.05) is 0 Å². The number of nitro benzene ring substituents is 1. The Morgan fingerprint density at radius 3 is 2.43 bits per heavy atom. The molecule has 0 aliphatic heterocycles. The van der Waals surface area contributed by atoms with E-state index in [0.29, 0.717) is 17.3 Å². The number of nitro groups is 1. The first-order valence-electron chi connectivity index (χ1n) is 6.51. The van der Waals surface area contributed by atoms with Crippen LogP contribution in [-0.4, -0.2) is 26.2 Å². The van der Waals surface area contributed by atoms with Gasteiger partial charge in [-0.2, -0.15) is 0 Å². The molecule has 6 nitrogen and oxygen atoms in total. The fourth-order valence-corrected chi connectivity index (χ4v) is 3.84. The first kappa shape index (κ1) is 15.1. The second-order valence-corrected chi connectivity index (χ2v) is 7.06. The Bertz CT molecular complexity index is 962. The van der Waals surface area contributed by atoms with Gasteiger partial charge in [0.15, 0.2) is 0 Å². The Labute approximate surface area is 136 Å². The summed E-state index contributed by atoms with van der Waals surface area (Å²) in [6.45, 7) is 0. The standard InChI is InChI=1S/C16H9NO5Se/c18-8-10-9-22-15-6-5-13(7-14(15)16(10)19)23-12-3-1-11(2-4-12)17(20)21/h1-9H. The molecule has 2 aromatic carbocycles. The summed E-state index contributed by atoms with van der Waals surface area (Å²) >= 11 is -0.118. The maximum absolute atomic E-state index is 12.1. The van der Waals surface area contributed by atoms with Crippen LogP contribution in [0.3, 0.4) is 0 Å². The molecule has 3 rings (SSSR count). The molecular formula is C16H9NO5Se. The molecule has 0 aliphatic carbocycles. The molecule has 0 aliphatic rings. The van der Waals surface area contributed by atoms with Crippen molar-refractivity contribution >= 4 is 46.8 Å². The van der Waals surface area contributed by atoms with E-state index in [-0.39, 0.29) is 31.6 Å². The molecule has 3 aromatic rings. The molecule has 0 saturated heterocycles. The SMILES string of the molecule is O=Cc1coc2ccc([Se]c3ccc([N+](=O)[O-])cc3)cc2c1=O. The first-order chi connectivity index (χ1) is 11.1. The van der Waals surface area contributed by atoms with Crippen molar-refractivity contribution < 1.29 is 14.1 Å². The van der Waals surface area contributed by atoms with Crippen molar-refractivity contribution in [3.05, 3.63) is 74.6 Å². The third-order valence-electron chi connectivity index (χ3n) is 3.18. The molecule has 0 spiro atoms. The zero-order chi connectivity index (χ0) is 16.4. The van der Waals surface area contributed by atoms with E-state index in [0.717, 1.165) is 15.2 Å². The number of rotatable bonds is 4. The second kappa shape index (κ2) is 6.16. The second-order valence-electron chi connectivity index (χ2n) is 4.65. The normalized spacial score (nSPS) is 10.6. The molecule has 0 bridgehead atoms. The van der Waals surface area contributed by atoms with Crippen molar-refractivity contribution in [3.8, 4) is 0 Å². The number of aldehydes is 1. The number of non-ortho nitro benzene ring substituents is 1. The molecular weight excluding hydrogens is 365 g/mol. The minimum absolute atomic E-state index is 0.0162. The summed E-state index contributed by atoms with van der Waals surface area (Å²) in [7, 11) is 0. The molecule has 114 valence electrons. The average Bonchev–Trinajstić information content (AvgIpc) is 2.56. The number of nitrogens with zero attached hydrogens (tertiary/aromatic N) is 1. The summed E-state index contributed by atoms with van der Waals surface area (Å²) in [6.07, 6.45) is 1.62. The molecule has 0 radical (unpaired) electrons. The van der Waals surface area contributed by atoms with Crippen LogP contribution < -0.4 is 14.4 Å². The van der Waals surface area contributed by atoms with Gasteiger partial charge in [0.05, 0.1) is 0 Å². The van der Waals surface area contributed by atoms with Crippen molar-refractivity contribution in [2.75, 3.05) is 0 Å². The summed E-state index contributed by atoms with van der Waals surface area (Å²) in [4.78, 5) is 33.2. The third-order valence-corrected chi connectivity index (χ3v) is 5.27. The van der Waals surface area contributed by atoms with Gasteiger partial charge in [0.25, 0.3) is 0 Å². The minimum atomic E-state index is -0.445. The van der Waals surface area contributed by atoms with Crippen LogP contribution in [0, 0.1) is 10.1 Å². The number of carbonyl (C=O) groups is 1. The number of hydrogen-bond acceptors (Lipinski definition) is 5. The zero-order valence-electron chi connectivity index (χ0n) is 11.6. The number of fused-ring (bicyclic) bond motifs is 1. The maximum atomic E-state index is 12.1. The van der Waals surface area contributed by atoms with E-state index >= 15 is 0 Å². The van der Waals surface area contributed by atoms with Crippen LogP contribution in [0.25, 0.3) is 11.0 Å². The van der Waals surface area contributed by atoms with Crippen molar-refractivity contribution in [2.24, 2.45) is 0 Å². The predicted molar refractivity (Wildman–Crippen MR) is 86.0 cm³/mol. The molecule has 0 atom stereocenters. The molecule has 1 heterocycles. The van der Waals surface area contributed by atoms with Crippen LogP contribution in [0.15, 0.2) is 57.9 Å². The van der Waals surface area contributed by atoms with E-state index in [4.69, 9.17) is 4.42 Å². The molecule has 0 fully saturated rings. The van der Waals surface area contributed by atoms with Crippen LogP contribution in [0.5, 0.6) is 0 Å². The van der Waals surface area contributed by atoms with Gasteiger partial charge in [-0.25, -0.2) is 0 Å². The Morgan fingerprint density at radius 2 is 1.78 bits per heavy atom. The summed E-state index contributed by atoms with van der Waals surface area (Å²) in [5.41, 5.74) is 0.0864. The third kappa shape index (κ3) is 3.06. The molecule has 0 saturated carbocycles. The van der Waals surface area contributed by atoms with E-state index in [1.165, 1.54) is 12.1 Å². The number of carbonyl (C=O) groups excluding carboxylic acids is 1. The van der Waals surface area contributed by atoms with Crippen molar-refractivity contribution in [2.45, 2.75) is 0 Å². The van der Waals surface area contributed by atoms with Gasteiger partial charge in [-0.15, -0.1) is 0 Å². The number of benzene rings is 2. The Hall–Kier alpha value is -2.76. The van der Waals surface area contributed by atoms with Gasteiger partial charge in [0.2, 0.25) is 0 Å². The van der Waals surface area contributed by atoms with Crippen molar-refractivity contribution in [1.29, 1.82) is 0 Å². The fraction of sp³-hybridized carbons (Fsp3) is 0. The summed E-state index contributed by atoms with van der Waals surface area (Å²) < 4.78 is 7.12. The monoisotopic (exact) mass is 375 g/mol. The van der Waals surface area contributed by atoms with E-state index in [1.807, 2.05) is 6.07 Å². The van der Waals surface area contributed by atoms with Gasteiger partial charge in [-0.05, 0) is 0 Å². The van der Waals surface area contributed by atoms with Crippen LogP contribution in [0.4, 0.5) is 5.69 Å². The van der Waals surface area contributed by atoms with Gasteiger partial charge in [-0.1, -0.05) is 0 Å². The predicted octanol–water partition coefficient (Wildman–Crippen LogP) is 1.17. The summed E-state index contributed by atoms with van der Waals surface area (Å²) in [5, 5.41) is 11.0. The van der Waals surface area contributed by atoms with Gasteiger partial charge >= 0.3 is 136 Å². The van der Waals surface area contributed by atoms with E-state index in [2.05, 4.69) is 0 Å². The fourth-order valence-electron chi connectivity index (χ4n) is 2.04. The van der Waals surface area contributed by atoms with Crippen molar-refractivity contribution in [3.63, 3.8) is 0 Å². The van der Waals surface area contributed by atoms with Crippen molar-refractivity contribution in [1.82, 2.24) is 0 Å². The summed E-state index contributed by atoms with van der Waals surface area (Å²) in [6, 6.07) is 11.5. The zero-order valence-corrected chi connectivity index (χ0v) is 13.3. The average molecular weight is 374 g/mol. The van der Waals surface area contributed by atoms with Crippen LogP contribution in [0.2, 0.25) is 0 Å². The van der Waals surface area contributed by atoms with Gasteiger partial charge in [-0.3, -0.25) is 0 Å². The first-order valence-corrected chi connectivity index (χ1v) is 8.23. The molecule has 0 amide bonds. The molecule has 7 heteroatoms. The van der Waals surface area contributed by atoms with Crippen LogP contribution >= 0.6 is 0 Å². The number of hydrogen-bond donors (Lipinski definition) is 0. The Balaban J connectivity index is 1.97. The quantitative estimate of drug-likeness (QED) is 0.296. The topological polar surface area (TPSA) is 90.4 Å². The van der Waals surface area contributed by atoms with E-state index in [1.54, 1.807) is 24.3 Å². The molecule has 1 aromatic heterocycles. The van der Waals surface area contributed by atoms with Gasteiger partial charge in [0.1, 0.15) is 0 Å². The van der Waals surface area contributed by atoms with E-state index < -0.39 is 4.92 Å². The van der Waals surface area contributed by atoms with Crippen LogP contribution in [0.1, 0.15) is 10.4 Å². The summed E-state index contributed by atoms with van der Waals surface area (Å²) in [5.74, 6) is 0.